The third-order valence-electron chi connectivity index (χ3n) is 1.06. The van der Waals surface area contributed by atoms with Gasteiger partial charge in [-0.15, -0.1) is 5.53 Å². The van der Waals surface area contributed by atoms with Crippen LogP contribution in [0.15, 0.2) is 12.4 Å². The Kier molecular flexibility index (Phi) is 2.28. The molecule has 0 aromatic rings. The van der Waals surface area contributed by atoms with E-state index in [1.165, 1.54) is 0 Å². The summed E-state index contributed by atoms with van der Waals surface area (Å²) < 4.78 is 2.00. The van der Waals surface area contributed by atoms with Gasteiger partial charge in [0.25, 0.3) is 0 Å². The summed E-state index contributed by atoms with van der Waals surface area (Å²) in [5, 5.41) is 1.79. The van der Waals surface area contributed by atoms with E-state index in [-0.39, 0.29) is 0 Å². The van der Waals surface area contributed by atoms with Crippen LogP contribution in [0, 0.1) is 0 Å². The van der Waals surface area contributed by atoms with Gasteiger partial charge < -0.3 is 0 Å². The maximum Gasteiger partial charge on any atom is 0.0537 e. The topological polar surface area (TPSA) is 30.5 Å². The normalized spacial score (nSPS) is 18.9. The molecule has 4 nitrogen and oxygen atoms in total. The smallest absolute Gasteiger partial charge is 0.0537 e. The number of hydrogen-bond donors (Lipinski definition) is 2. The number of hydrazine groups is 3. The van der Waals surface area contributed by atoms with E-state index < -0.39 is 0 Å². The van der Waals surface area contributed by atoms with Crippen molar-refractivity contribution in [2.24, 2.45) is 0 Å². The van der Waals surface area contributed by atoms with Gasteiger partial charge in [-0.1, -0.05) is 0 Å². The van der Waals surface area contributed by atoms with Crippen LogP contribution in [0.4, 0.5) is 0 Å². The third kappa shape index (κ3) is 1.55. The average molecular weight is 146 g/mol. The quantitative estimate of drug-likeness (QED) is 0.530. The van der Waals surface area contributed by atoms with Crippen molar-refractivity contribution in [3.05, 3.63) is 12.4 Å². The Hall–Kier alpha value is -0.310. The molecule has 2 N–H and O–H groups in total. The van der Waals surface area contributed by atoms with Crippen LogP contribution in [0.25, 0.3) is 0 Å². The molecule has 0 saturated heterocycles. The fourth-order valence-corrected chi connectivity index (χ4v) is 0.989. The fourth-order valence-electron chi connectivity index (χ4n) is 0.565. The number of nitrogens with one attached hydrogen (secondary N) is 2. The van der Waals surface area contributed by atoms with E-state index in [0.717, 1.165) is 8.73 Å². The zero-order chi connectivity index (χ0) is 6.69. The van der Waals surface area contributed by atoms with E-state index in [1.807, 2.05) is 24.2 Å². The fraction of sp³-hybridized carbons (Fsp3) is 0.500. The van der Waals surface area contributed by atoms with Crippen LogP contribution in [0.2, 0.25) is 0 Å². The first-order valence-corrected chi connectivity index (χ1v) is 4.19. The van der Waals surface area contributed by atoms with Gasteiger partial charge in [-0.2, -0.15) is 0 Å². The van der Waals surface area contributed by atoms with Gasteiger partial charge in [0, 0.05) is 13.2 Å². The second kappa shape index (κ2) is 3.01. The molecule has 1 aliphatic rings. The van der Waals surface area contributed by atoms with Gasteiger partial charge in [-0.25, -0.2) is 10.5 Å². The molecule has 0 fully saturated rings. The molecule has 0 radical (unpaired) electrons. The van der Waals surface area contributed by atoms with Gasteiger partial charge in [-0.05, 0) is 15.4 Å². The molecule has 0 saturated carbocycles. The van der Waals surface area contributed by atoms with Crippen molar-refractivity contribution >= 4 is 8.73 Å². The lowest BCUT2D eigenvalue weighted by Gasteiger charge is -2.19. The van der Waals surface area contributed by atoms with Crippen molar-refractivity contribution in [2.75, 3.05) is 13.7 Å². The van der Waals surface area contributed by atoms with Crippen molar-refractivity contribution in [1.82, 2.24) is 20.9 Å². The predicted molar refractivity (Wildman–Crippen MR) is 39.3 cm³/mol. The molecule has 5 heteroatoms. The predicted octanol–water partition coefficient (Wildman–Crippen LogP) is -0.148. The largest absolute Gasteiger partial charge is 0.278 e. The van der Waals surface area contributed by atoms with E-state index in [9.17, 15) is 0 Å². The molecule has 9 heavy (non-hydrogen) atoms. The van der Waals surface area contributed by atoms with E-state index in [1.54, 1.807) is 5.12 Å². The minimum absolute atomic E-state index is 0.754. The first-order chi connectivity index (χ1) is 4.36. The summed E-state index contributed by atoms with van der Waals surface area (Å²) in [7, 11) is 2.61. The Morgan fingerprint density at radius 1 is 1.56 bits per heavy atom. The highest BCUT2D eigenvalue weighted by molar-refractivity contribution is 7.34. The zero-order valence-corrected chi connectivity index (χ0v) is 6.55. The SMILES string of the molecule is CNN1C=CN(PC)N1. The van der Waals surface area contributed by atoms with Crippen molar-refractivity contribution in [3.8, 4) is 0 Å². The Labute approximate surface area is 56.6 Å². The first kappa shape index (κ1) is 6.81. The summed E-state index contributed by atoms with van der Waals surface area (Å²) in [6.07, 6.45) is 3.91. The molecule has 0 bridgehead atoms. The molecule has 0 amide bonds. The molecular weight excluding hydrogens is 135 g/mol. The monoisotopic (exact) mass is 146 g/mol. The standard InChI is InChI=1S/C4H11N4P/c1-5-7-3-4-8(6-7)9-2/h3-6,9H,1-2H3. The van der Waals surface area contributed by atoms with Gasteiger partial charge in [0.15, 0.2) is 0 Å². The van der Waals surface area contributed by atoms with E-state index >= 15 is 0 Å². The Balaban J connectivity index is 2.31. The van der Waals surface area contributed by atoms with Crippen molar-refractivity contribution in [1.29, 1.82) is 0 Å². The van der Waals surface area contributed by atoms with E-state index in [4.69, 9.17) is 0 Å². The minimum atomic E-state index is 0.754. The molecule has 1 aliphatic heterocycles. The summed E-state index contributed by atoms with van der Waals surface area (Å²) in [5.41, 5.74) is 5.97. The summed E-state index contributed by atoms with van der Waals surface area (Å²) in [6, 6.07) is 0. The molecule has 52 valence electrons. The Morgan fingerprint density at radius 2 is 2.33 bits per heavy atom. The van der Waals surface area contributed by atoms with Crippen LogP contribution in [-0.4, -0.2) is 23.6 Å². The maximum atomic E-state index is 3.05. The molecule has 0 aromatic carbocycles. The van der Waals surface area contributed by atoms with Gasteiger partial charge in [-0.3, -0.25) is 4.78 Å². The van der Waals surface area contributed by atoms with Crippen LogP contribution < -0.4 is 11.0 Å². The van der Waals surface area contributed by atoms with Crippen LogP contribution in [0.5, 0.6) is 0 Å². The van der Waals surface area contributed by atoms with Crippen LogP contribution >= 0.6 is 8.73 Å². The van der Waals surface area contributed by atoms with Crippen molar-refractivity contribution in [3.63, 3.8) is 0 Å². The molecule has 0 spiro atoms. The molecular formula is C4H11N4P. The molecule has 1 heterocycles. The highest BCUT2D eigenvalue weighted by Crippen LogP contribution is 2.12. The second-order valence-electron chi connectivity index (χ2n) is 1.59. The number of nitrogens with zero attached hydrogens (tertiary/aromatic N) is 2. The van der Waals surface area contributed by atoms with Crippen molar-refractivity contribution < 1.29 is 0 Å². The lowest BCUT2D eigenvalue weighted by Crippen LogP contribution is -2.42. The average Bonchev–Trinajstić information content (AvgIpc) is 2.34. The molecule has 0 aliphatic carbocycles. The molecule has 0 aromatic heterocycles. The maximum absolute atomic E-state index is 3.05. The highest BCUT2D eigenvalue weighted by atomic mass is 31.1. The van der Waals surface area contributed by atoms with Gasteiger partial charge in [0.1, 0.15) is 0 Å². The third-order valence-corrected chi connectivity index (χ3v) is 1.79. The molecule has 1 unspecified atom stereocenters. The Morgan fingerprint density at radius 3 is 2.67 bits per heavy atom. The molecule has 1 rings (SSSR count). The lowest BCUT2D eigenvalue weighted by molar-refractivity contribution is 0.159. The lowest BCUT2D eigenvalue weighted by atomic mass is 10.9. The molecule has 1 atom stereocenters. The van der Waals surface area contributed by atoms with Crippen LogP contribution in [-0.2, 0) is 0 Å². The van der Waals surface area contributed by atoms with Crippen molar-refractivity contribution in [2.45, 2.75) is 0 Å². The summed E-state index contributed by atoms with van der Waals surface area (Å²) in [6.45, 7) is 2.11. The highest BCUT2D eigenvalue weighted by Gasteiger charge is 2.05. The van der Waals surface area contributed by atoms with E-state index in [2.05, 4.69) is 17.6 Å². The Bertz CT molecular complexity index is 103. The van der Waals surface area contributed by atoms with Crippen LogP contribution in [0.3, 0.4) is 0 Å². The van der Waals surface area contributed by atoms with Crippen LogP contribution in [0.1, 0.15) is 0 Å². The van der Waals surface area contributed by atoms with E-state index in [0.29, 0.717) is 0 Å². The minimum Gasteiger partial charge on any atom is -0.278 e. The number of hydrogen-bond acceptors (Lipinski definition) is 4. The zero-order valence-electron chi connectivity index (χ0n) is 5.55. The van der Waals surface area contributed by atoms with Gasteiger partial charge in [0.2, 0.25) is 0 Å². The summed E-state index contributed by atoms with van der Waals surface area (Å²) in [5.74, 6) is 0. The first-order valence-electron chi connectivity index (χ1n) is 2.74. The summed E-state index contributed by atoms with van der Waals surface area (Å²) >= 11 is 0. The van der Waals surface area contributed by atoms with Gasteiger partial charge >= 0.3 is 0 Å². The number of rotatable bonds is 2. The summed E-state index contributed by atoms with van der Waals surface area (Å²) in [4.78, 5) is 0. The second-order valence-corrected chi connectivity index (χ2v) is 2.51. The van der Waals surface area contributed by atoms with Gasteiger partial charge in [0.05, 0.1) is 6.20 Å².